The number of hydrogen-bond donors (Lipinski definition) is 2. The first-order valence-electron chi connectivity index (χ1n) is 11.3. The molecule has 3 aliphatic rings. The van der Waals surface area contributed by atoms with Gasteiger partial charge in [0.25, 0.3) is 0 Å². The third-order valence-corrected chi connectivity index (χ3v) is 7.12. The smallest absolute Gasteiger partial charge is 0.241 e. The second kappa shape index (κ2) is 12.7. The summed E-state index contributed by atoms with van der Waals surface area (Å²) < 4.78 is 5.58. The fraction of sp³-hybridized carbons (Fsp3) is 0.652. The molecule has 0 radical (unpaired) electrons. The molecule has 0 aromatic heterocycles. The molecule has 34 heavy (non-hydrogen) atoms. The summed E-state index contributed by atoms with van der Waals surface area (Å²) in [6, 6.07) is 8.58. The van der Waals surface area contributed by atoms with E-state index in [4.69, 9.17) is 10.5 Å². The maximum absolute atomic E-state index is 13.5. The first-order valence-corrected chi connectivity index (χ1v) is 11.3. The predicted molar refractivity (Wildman–Crippen MR) is 142 cm³/mol. The lowest BCUT2D eigenvalue weighted by Gasteiger charge is -2.43. The lowest BCUT2D eigenvalue weighted by Crippen LogP contribution is -2.62. The van der Waals surface area contributed by atoms with Gasteiger partial charge in [-0.1, -0.05) is 18.2 Å². The van der Waals surface area contributed by atoms with E-state index in [1.54, 1.807) is 4.90 Å². The molecule has 194 valence electrons. The number of carbonyl (C=O) groups is 2. The van der Waals surface area contributed by atoms with Crippen molar-refractivity contribution in [3.8, 4) is 0 Å². The van der Waals surface area contributed by atoms with Crippen LogP contribution in [0.25, 0.3) is 0 Å². The highest BCUT2D eigenvalue weighted by molar-refractivity contribution is 6.02. The molecule has 0 saturated carbocycles. The van der Waals surface area contributed by atoms with Gasteiger partial charge in [0.05, 0.1) is 25.2 Å². The number of fused-ring (bicyclic) bond motifs is 1. The van der Waals surface area contributed by atoms with E-state index in [9.17, 15) is 9.59 Å². The summed E-state index contributed by atoms with van der Waals surface area (Å²) in [6.07, 6.45) is 0. The molecule has 1 aromatic rings. The molecule has 1 aromatic carbocycles. The number of nitrogens with zero attached hydrogens (tertiary/aromatic N) is 3. The van der Waals surface area contributed by atoms with Gasteiger partial charge in [0, 0.05) is 56.5 Å². The van der Waals surface area contributed by atoms with E-state index in [0.29, 0.717) is 25.2 Å². The van der Waals surface area contributed by atoms with Crippen LogP contribution in [-0.4, -0.2) is 92.2 Å². The van der Waals surface area contributed by atoms with E-state index >= 15 is 0 Å². The summed E-state index contributed by atoms with van der Waals surface area (Å²) in [7, 11) is 0. The standard InChI is InChI=1S/C23H35N5O3.3ClH/c1-16-11-27(18(10-25-16)12-26-8-9-31-14-17(26)2)13-21(29)28-15-23(3,22(24)30)19-6-4-5-7-20(19)28;;;/h4-7,16-18,25H,8-15H2,1-3H3,(H2,24,30);3*1H/t16-,17-,18-,23?;;;/m1.../s1. The monoisotopic (exact) mass is 537 g/mol. The van der Waals surface area contributed by atoms with E-state index < -0.39 is 11.3 Å². The van der Waals surface area contributed by atoms with Gasteiger partial charge in [0.2, 0.25) is 11.8 Å². The minimum atomic E-state index is -0.856. The largest absolute Gasteiger partial charge is 0.379 e. The summed E-state index contributed by atoms with van der Waals surface area (Å²) >= 11 is 0. The molecule has 11 heteroatoms. The third-order valence-electron chi connectivity index (χ3n) is 7.12. The Labute approximate surface area is 221 Å². The first kappa shape index (κ1) is 30.9. The van der Waals surface area contributed by atoms with Crippen LogP contribution in [0, 0.1) is 0 Å². The van der Waals surface area contributed by atoms with Crippen LogP contribution in [0.3, 0.4) is 0 Å². The molecule has 3 aliphatic heterocycles. The number of nitrogens with two attached hydrogens (primary N) is 1. The van der Waals surface area contributed by atoms with Crippen molar-refractivity contribution in [1.29, 1.82) is 0 Å². The molecule has 0 spiro atoms. The molecule has 2 amide bonds. The number of halogens is 3. The van der Waals surface area contributed by atoms with Crippen LogP contribution in [0.1, 0.15) is 26.3 Å². The Kier molecular flexibility index (Phi) is 11.6. The average molecular weight is 539 g/mol. The molecule has 2 fully saturated rings. The summed E-state index contributed by atoms with van der Waals surface area (Å²) in [4.78, 5) is 32.2. The molecule has 8 nitrogen and oxygen atoms in total. The molecule has 2 saturated heterocycles. The van der Waals surface area contributed by atoms with E-state index in [0.717, 1.165) is 50.6 Å². The molecule has 4 atom stereocenters. The topological polar surface area (TPSA) is 91.1 Å². The van der Waals surface area contributed by atoms with Crippen molar-refractivity contribution in [2.45, 2.75) is 44.3 Å². The Morgan fingerprint density at radius 3 is 2.56 bits per heavy atom. The zero-order chi connectivity index (χ0) is 22.2. The van der Waals surface area contributed by atoms with Crippen molar-refractivity contribution in [2.24, 2.45) is 5.73 Å². The number of rotatable bonds is 5. The fourth-order valence-electron chi connectivity index (χ4n) is 5.06. The number of amides is 2. The predicted octanol–water partition coefficient (Wildman–Crippen LogP) is 1.42. The minimum absolute atomic E-state index is 0. The molecule has 3 heterocycles. The summed E-state index contributed by atoms with van der Waals surface area (Å²) in [5.74, 6) is -0.378. The van der Waals surface area contributed by atoms with Crippen molar-refractivity contribution in [3.63, 3.8) is 0 Å². The number of nitrogens with one attached hydrogen (secondary N) is 1. The van der Waals surface area contributed by atoms with Gasteiger partial charge in [-0.15, -0.1) is 37.2 Å². The summed E-state index contributed by atoms with van der Waals surface area (Å²) in [6.45, 7) is 11.8. The fourth-order valence-corrected chi connectivity index (χ4v) is 5.06. The molecule has 0 aliphatic carbocycles. The maximum atomic E-state index is 13.5. The maximum Gasteiger partial charge on any atom is 0.241 e. The highest BCUT2D eigenvalue weighted by atomic mass is 35.5. The Morgan fingerprint density at radius 2 is 1.88 bits per heavy atom. The van der Waals surface area contributed by atoms with Crippen LogP contribution in [0.4, 0.5) is 5.69 Å². The molecule has 1 unspecified atom stereocenters. The van der Waals surface area contributed by atoms with Gasteiger partial charge in [0.1, 0.15) is 0 Å². The highest BCUT2D eigenvalue weighted by Crippen LogP contribution is 2.40. The number of anilines is 1. The molecule has 3 N–H and O–H groups in total. The van der Waals surface area contributed by atoms with Crippen molar-refractivity contribution >= 4 is 54.7 Å². The average Bonchev–Trinajstić information content (AvgIpc) is 3.06. The SMILES string of the molecule is C[C@@H]1CN(CC(=O)N2CC(C)(C(N)=O)c3ccccc32)[C@@H](CN2CCOC[C@H]2C)CN1.Cl.Cl.Cl. The molecule has 4 rings (SSSR count). The highest BCUT2D eigenvalue weighted by Gasteiger charge is 2.45. The van der Waals surface area contributed by atoms with Crippen LogP contribution >= 0.6 is 37.2 Å². The Balaban J connectivity index is 0.00000193. The van der Waals surface area contributed by atoms with Gasteiger partial charge < -0.3 is 20.7 Å². The number of ether oxygens (including phenoxy) is 1. The lowest BCUT2D eigenvalue weighted by molar-refractivity contribution is -0.123. The number of para-hydroxylation sites is 1. The quantitative estimate of drug-likeness (QED) is 0.589. The number of benzene rings is 1. The lowest BCUT2D eigenvalue weighted by atomic mass is 9.84. The van der Waals surface area contributed by atoms with Crippen molar-refractivity contribution < 1.29 is 14.3 Å². The van der Waals surface area contributed by atoms with E-state index in [2.05, 4.69) is 29.0 Å². The molecular formula is C23H38Cl3N5O3. The number of piperazine rings is 1. The first-order chi connectivity index (χ1) is 14.8. The normalized spacial score (nSPS) is 29.3. The second-order valence-electron chi connectivity index (χ2n) is 9.50. The van der Waals surface area contributed by atoms with Crippen LogP contribution < -0.4 is 16.0 Å². The van der Waals surface area contributed by atoms with Gasteiger partial charge in [-0.2, -0.15) is 0 Å². The van der Waals surface area contributed by atoms with Crippen LogP contribution in [0.5, 0.6) is 0 Å². The second-order valence-corrected chi connectivity index (χ2v) is 9.50. The number of morpholine rings is 1. The van der Waals surface area contributed by atoms with Gasteiger partial charge in [0.15, 0.2) is 0 Å². The summed E-state index contributed by atoms with van der Waals surface area (Å²) in [5, 5.41) is 3.57. The van der Waals surface area contributed by atoms with Crippen LogP contribution in [0.2, 0.25) is 0 Å². The zero-order valence-electron chi connectivity index (χ0n) is 20.1. The molecule has 0 bridgehead atoms. The number of hydrogen-bond acceptors (Lipinski definition) is 6. The Hall–Kier alpha value is -1.13. The minimum Gasteiger partial charge on any atom is -0.379 e. The Bertz CT molecular complexity index is 848. The Morgan fingerprint density at radius 1 is 1.18 bits per heavy atom. The van der Waals surface area contributed by atoms with Gasteiger partial charge >= 0.3 is 0 Å². The van der Waals surface area contributed by atoms with Gasteiger partial charge in [-0.25, -0.2) is 0 Å². The molecular weight excluding hydrogens is 501 g/mol. The van der Waals surface area contributed by atoms with Gasteiger partial charge in [-0.05, 0) is 32.4 Å². The van der Waals surface area contributed by atoms with E-state index in [1.807, 2.05) is 31.2 Å². The van der Waals surface area contributed by atoms with Crippen molar-refractivity contribution in [3.05, 3.63) is 29.8 Å². The van der Waals surface area contributed by atoms with Crippen LogP contribution in [-0.2, 0) is 19.7 Å². The third kappa shape index (κ3) is 6.16. The van der Waals surface area contributed by atoms with Gasteiger partial charge in [-0.3, -0.25) is 19.4 Å². The number of carbonyl (C=O) groups excluding carboxylic acids is 2. The zero-order valence-corrected chi connectivity index (χ0v) is 22.5. The van der Waals surface area contributed by atoms with Crippen molar-refractivity contribution in [2.75, 3.05) is 57.4 Å². The van der Waals surface area contributed by atoms with E-state index in [1.165, 1.54) is 0 Å². The van der Waals surface area contributed by atoms with E-state index in [-0.39, 0.29) is 49.2 Å². The number of primary amides is 1. The van der Waals surface area contributed by atoms with Crippen molar-refractivity contribution in [1.82, 2.24) is 15.1 Å². The summed E-state index contributed by atoms with van der Waals surface area (Å²) in [5.41, 5.74) is 6.52. The van der Waals surface area contributed by atoms with Crippen LogP contribution in [0.15, 0.2) is 24.3 Å².